The van der Waals surface area contributed by atoms with E-state index in [0.29, 0.717) is 5.75 Å². The molecule has 1 heterocycles. The SMILES string of the molecule is Cc1cccc(N=C2SCC(=O)N2c2cccc(C)c2)c1. The van der Waals surface area contributed by atoms with Crippen LogP contribution < -0.4 is 4.90 Å². The van der Waals surface area contributed by atoms with E-state index in [-0.39, 0.29) is 5.91 Å². The number of benzene rings is 2. The number of aryl methyl sites for hydroxylation is 2. The second-order valence-corrected chi connectivity index (χ2v) is 6.03. The van der Waals surface area contributed by atoms with E-state index in [1.165, 1.54) is 11.8 Å². The highest BCUT2D eigenvalue weighted by molar-refractivity contribution is 8.15. The van der Waals surface area contributed by atoms with Crippen molar-refractivity contribution in [1.29, 1.82) is 0 Å². The fourth-order valence-electron chi connectivity index (χ4n) is 2.27. The number of carbonyl (C=O) groups is 1. The summed E-state index contributed by atoms with van der Waals surface area (Å²) in [6, 6.07) is 15.9. The molecule has 0 atom stereocenters. The van der Waals surface area contributed by atoms with Crippen LogP contribution >= 0.6 is 11.8 Å². The number of thioether (sulfide) groups is 1. The number of anilines is 1. The van der Waals surface area contributed by atoms with Crippen LogP contribution in [-0.2, 0) is 4.79 Å². The van der Waals surface area contributed by atoms with Gasteiger partial charge in [-0.2, -0.15) is 0 Å². The molecule has 1 amide bonds. The Kier molecular flexibility index (Phi) is 3.80. The number of aliphatic imine (C=N–C) groups is 1. The first-order valence-corrected chi connectivity index (χ1v) is 7.80. The number of amides is 1. The molecule has 0 aliphatic carbocycles. The lowest BCUT2D eigenvalue weighted by Gasteiger charge is -2.16. The third kappa shape index (κ3) is 3.00. The van der Waals surface area contributed by atoms with Gasteiger partial charge in [-0.05, 0) is 49.2 Å². The van der Waals surface area contributed by atoms with Gasteiger partial charge in [0.15, 0.2) is 5.17 Å². The van der Waals surface area contributed by atoms with E-state index in [2.05, 4.69) is 4.99 Å². The lowest BCUT2D eigenvalue weighted by atomic mass is 10.2. The molecule has 1 aliphatic heterocycles. The summed E-state index contributed by atoms with van der Waals surface area (Å²) >= 11 is 1.49. The molecule has 0 aromatic heterocycles. The average Bonchev–Trinajstić information content (AvgIpc) is 2.80. The summed E-state index contributed by atoms with van der Waals surface area (Å²) in [7, 11) is 0. The Balaban J connectivity index is 2.00. The molecule has 4 heteroatoms. The first-order valence-electron chi connectivity index (χ1n) is 6.81. The molecule has 1 fully saturated rings. The van der Waals surface area contributed by atoms with Gasteiger partial charge in [-0.25, -0.2) is 4.99 Å². The minimum absolute atomic E-state index is 0.0806. The van der Waals surface area contributed by atoms with Crippen LogP contribution in [0.5, 0.6) is 0 Å². The largest absolute Gasteiger partial charge is 0.273 e. The fourth-order valence-corrected chi connectivity index (χ4v) is 3.16. The molecule has 1 saturated heterocycles. The lowest BCUT2D eigenvalue weighted by molar-refractivity contribution is -0.115. The summed E-state index contributed by atoms with van der Waals surface area (Å²) < 4.78 is 0. The molecule has 0 N–H and O–H groups in total. The smallest absolute Gasteiger partial charge is 0.243 e. The van der Waals surface area contributed by atoms with Crippen LogP contribution in [-0.4, -0.2) is 16.8 Å². The molecule has 0 spiro atoms. The molecular formula is C17H16N2OS. The molecule has 0 unspecified atom stereocenters. The van der Waals surface area contributed by atoms with Crippen molar-refractivity contribution in [3.8, 4) is 0 Å². The molecule has 2 aromatic rings. The standard InChI is InChI=1S/C17H16N2OS/c1-12-5-3-7-14(9-12)18-17-19(16(20)11-21-17)15-8-4-6-13(2)10-15/h3-10H,11H2,1-2H3. The van der Waals surface area contributed by atoms with E-state index < -0.39 is 0 Å². The van der Waals surface area contributed by atoms with Crippen molar-refractivity contribution >= 4 is 34.2 Å². The third-order valence-electron chi connectivity index (χ3n) is 3.25. The van der Waals surface area contributed by atoms with E-state index in [9.17, 15) is 4.79 Å². The molecule has 106 valence electrons. The highest BCUT2D eigenvalue weighted by atomic mass is 32.2. The van der Waals surface area contributed by atoms with Crippen molar-refractivity contribution in [2.45, 2.75) is 13.8 Å². The predicted octanol–water partition coefficient (Wildman–Crippen LogP) is 4.07. The Labute approximate surface area is 128 Å². The minimum Gasteiger partial charge on any atom is -0.273 e. The normalized spacial score (nSPS) is 16.8. The molecular weight excluding hydrogens is 280 g/mol. The summed E-state index contributed by atoms with van der Waals surface area (Å²) in [5, 5.41) is 0.746. The zero-order chi connectivity index (χ0) is 14.8. The van der Waals surface area contributed by atoms with Crippen molar-refractivity contribution in [3.05, 3.63) is 59.7 Å². The Morgan fingerprint density at radius 1 is 1.05 bits per heavy atom. The molecule has 21 heavy (non-hydrogen) atoms. The van der Waals surface area contributed by atoms with Crippen molar-refractivity contribution < 1.29 is 4.79 Å². The van der Waals surface area contributed by atoms with Crippen LogP contribution in [0.25, 0.3) is 0 Å². The van der Waals surface area contributed by atoms with Crippen LogP contribution in [0.1, 0.15) is 11.1 Å². The van der Waals surface area contributed by atoms with Crippen LogP contribution in [0.2, 0.25) is 0 Å². The van der Waals surface area contributed by atoms with Gasteiger partial charge >= 0.3 is 0 Å². The summed E-state index contributed by atoms with van der Waals surface area (Å²) in [5.74, 6) is 0.524. The Morgan fingerprint density at radius 3 is 2.48 bits per heavy atom. The maximum atomic E-state index is 12.2. The van der Waals surface area contributed by atoms with Crippen LogP contribution in [0.3, 0.4) is 0 Å². The van der Waals surface area contributed by atoms with Gasteiger partial charge in [-0.15, -0.1) is 0 Å². The Morgan fingerprint density at radius 2 is 1.76 bits per heavy atom. The Hall–Kier alpha value is -2.07. The van der Waals surface area contributed by atoms with Crippen molar-refractivity contribution in [3.63, 3.8) is 0 Å². The van der Waals surface area contributed by atoms with E-state index in [1.807, 2.05) is 62.4 Å². The second kappa shape index (κ2) is 5.74. The Bertz CT molecular complexity index is 724. The first kappa shape index (κ1) is 13.9. The second-order valence-electron chi connectivity index (χ2n) is 5.09. The van der Waals surface area contributed by atoms with Crippen LogP contribution in [0.4, 0.5) is 11.4 Å². The maximum absolute atomic E-state index is 12.2. The zero-order valence-electron chi connectivity index (χ0n) is 12.0. The molecule has 2 aromatic carbocycles. The van der Waals surface area contributed by atoms with E-state index in [4.69, 9.17) is 0 Å². The topological polar surface area (TPSA) is 32.7 Å². The van der Waals surface area contributed by atoms with Crippen LogP contribution in [0.15, 0.2) is 53.5 Å². The van der Waals surface area contributed by atoms with Gasteiger partial charge in [-0.3, -0.25) is 9.69 Å². The van der Waals surface area contributed by atoms with Gasteiger partial charge in [0.2, 0.25) is 5.91 Å². The average molecular weight is 296 g/mol. The van der Waals surface area contributed by atoms with Gasteiger partial charge < -0.3 is 0 Å². The van der Waals surface area contributed by atoms with Crippen molar-refractivity contribution in [2.24, 2.45) is 4.99 Å². The summed E-state index contributed by atoms with van der Waals surface area (Å²) in [4.78, 5) is 18.5. The highest BCUT2D eigenvalue weighted by Gasteiger charge is 2.29. The predicted molar refractivity (Wildman–Crippen MR) is 89.4 cm³/mol. The highest BCUT2D eigenvalue weighted by Crippen LogP contribution is 2.29. The fraction of sp³-hybridized carbons (Fsp3) is 0.176. The van der Waals surface area contributed by atoms with Gasteiger partial charge in [0.25, 0.3) is 0 Å². The van der Waals surface area contributed by atoms with Crippen molar-refractivity contribution in [2.75, 3.05) is 10.7 Å². The van der Waals surface area contributed by atoms with E-state index in [0.717, 1.165) is 27.7 Å². The summed E-state index contributed by atoms with van der Waals surface area (Å²) in [6.07, 6.45) is 0. The number of amidine groups is 1. The molecule has 1 aliphatic rings. The lowest BCUT2D eigenvalue weighted by Crippen LogP contribution is -2.29. The number of hydrogen-bond acceptors (Lipinski definition) is 3. The van der Waals surface area contributed by atoms with E-state index >= 15 is 0 Å². The molecule has 0 radical (unpaired) electrons. The van der Waals surface area contributed by atoms with Crippen LogP contribution in [0, 0.1) is 13.8 Å². The first-order chi connectivity index (χ1) is 10.1. The number of rotatable bonds is 2. The van der Waals surface area contributed by atoms with Crippen molar-refractivity contribution in [1.82, 2.24) is 0 Å². The van der Waals surface area contributed by atoms with Gasteiger partial charge in [-0.1, -0.05) is 36.0 Å². The molecule has 0 saturated carbocycles. The van der Waals surface area contributed by atoms with Gasteiger partial charge in [0.1, 0.15) is 0 Å². The monoisotopic (exact) mass is 296 g/mol. The summed E-state index contributed by atoms with van der Waals surface area (Å²) in [6.45, 7) is 4.06. The number of carbonyl (C=O) groups excluding carboxylic acids is 1. The zero-order valence-corrected chi connectivity index (χ0v) is 12.9. The van der Waals surface area contributed by atoms with Gasteiger partial charge in [0, 0.05) is 0 Å². The molecule has 0 bridgehead atoms. The van der Waals surface area contributed by atoms with E-state index in [1.54, 1.807) is 4.90 Å². The summed E-state index contributed by atoms with van der Waals surface area (Å²) in [5.41, 5.74) is 4.06. The number of hydrogen-bond donors (Lipinski definition) is 0. The van der Waals surface area contributed by atoms with Gasteiger partial charge in [0.05, 0.1) is 17.1 Å². The molecule has 3 nitrogen and oxygen atoms in total. The minimum atomic E-state index is 0.0806. The number of nitrogens with zero attached hydrogens (tertiary/aromatic N) is 2. The quantitative estimate of drug-likeness (QED) is 0.837. The third-order valence-corrected chi connectivity index (χ3v) is 4.18. The molecule has 3 rings (SSSR count). The maximum Gasteiger partial charge on any atom is 0.243 e.